The summed E-state index contributed by atoms with van der Waals surface area (Å²) in [4.78, 5) is 24.3. The molecule has 0 spiro atoms. The number of benzene rings is 1. The number of aliphatic carboxylic acids is 1. The molecule has 1 aliphatic rings. The molecule has 1 aromatic rings. The van der Waals surface area contributed by atoms with Gasteiger partial charge in [-0.05, 0) is 17.7 Å². The molecule has 0 aliphatic carbocycles. The highest BCUT2D eigenvalue weighted by atomic mass is 16.4. The van der Waals surface area contributed by atoms with Crippen LogP contribution in [0.1, 0.15) is 18.1 Å². The maximum atomic E-state index is 11.9. The van der Waals surface area contributed by atoms with Crippen LogP contribution in [0.4, 0.5) is 4.79 Å². The summed E-state index contributed by atoms with van der Waals surface area (Å²) in [6.07, 6.45) is 0. The zero-order valence-electron chi connectivity index (χ0n) is 11.7. The van der Waals surface area contributed by atoms with Crippen molar-refractivity contribution >= 4 is 12.0 Å². The Morgan fingerprint density at radius 3 is 2.57 bits per heavy atom. The van der Waals surface area contributed by atoms with Crippen LogP contribution in [-0.2, 0) is 11.3 Å². The second-order valence-electron chi connectivity index (χ2n) is 5.26. The Kier molecular flexibility index (Phi) is 4.43. The topological polar surface area (TPSA) is 93.4 Å². The van der Waals surface area contributed by atoms with E-state index in [-0.39, 0.29) is 11.9 Å². The van der Waals surface area contributed by atoms with E-state index in [4.69, 9.17) is 10.4 Å². The molecule has 1 aliphatic heterocycles. The van der Waals surface area contributed by atoms with E-state index >= 15 is 0 Å². The van der Waals surface area contributed by atoms with E-state index in [2.05, 4.69) is 5.32 Å². The van der Waals surface area contributed by atoms with Crippen LogP contribution < -0.4 is 5.32 Å². The summed E-state index contributed by atoms with van der Waals surface area (Å²) in [5, 5.41) is 20.4. The van der Waals surface area contributed by atoms with Gasteiger partial charge in [0.25, 0.3) is 0 Å². The molecular weight excluding hydrogens is 270 g/mol. The number of likely N-dealkylation sites (tertiary alicyclic amines) is 1. The van der Waals surface area contributed by atoms with E-state index in [1.165, 1.54) is 0 Å². The Morgan fingerprint density at radius 2 is 2.05 bits per heavy atom. The van der Waals surface area contributed by atoms with Gasteiger partial charge >= 0.3 is 12.0 Å². The third kappa shape index (κ3) is 3.51. The number of urea groups is 1. The third-order valence-electron chi connectivity index (χ3n) is 3.82. The van der Waals surface area contributed by atoms with Crippen molar-refractivity contribution in [2.75, 3.05) is 13.1 Å². The summed E-state index contributed by atoms with van der Waals surface area (Å²) in [5.41, 5.74) is 1.50. The van der Waals surface area contributed by atoms with Gasteiger partial charge < -0.3 is 15.3 Å². The van der Waals surface area contributed by atoms with Crippen molar-refractivity contribution in [2.45, 2.75) is 13.5 Å². The summed E-state index contributed by atoms with van der Waals surface area (Å²) in [6, 6.07) is 8.85. The summed E-state index contributed by atoms with van der Waals surface area (Å²) in [7, 11) is 0. The number of hydrogen-bond acceptors (Lipinski definition) is 3. The first-order valence-corrected chi connectivity index (χ1v) is 6.76. The SMILES string of the molecule is CC(C(=O)O)C1CN(C(=O)NCc2ccc(C#N)cc2)C1. The fourth-order valence-corrected chi connectivity index (χ4v) is 2.18. The molecular formula is C15H17N3O3. The quantitative estimate of drug-likeness (QED) is 0.875. The molecule has 1 unspecified atom stereocenters. The molecule has 0 aromatic heterocycles. The second-order valence-corrected chi connectivity index (χ2v) is 5.26. The molecule has 110 valence electrons. The highest BCUT2D eigenvalue weighted by molar-refractivity contribution is 5.76. The van der Waals surface area contributed by atoms with Gasteiger partial charge in [0.15, 0.2) is 0 Å². The van der Waals surface area contributed by atoms with Crippen LogP contribution in [0.5, 0.6) is 0 Å². The van der Waals surface area contributed by atoms with E-state index in [0.29, 0.717) is 25.2 Å². The number of amides is 2. The largest absolute Gasteiger partial charge is 0.481 e. The molecule has 2 amide bonds. The molecule has 1 saturated heterocycles. The van der Waals surface area contributed by atoms with Crippen LogP contribution in [0.3, 0.4) is 0 Å². The van der Waals surface area contributed by atoms with Gasteiger partial charge in [0.05, 0.1) is 17.6 Å². The molecule has 1 fully saturated rings. The molecule has 0 bridgehead atoms. The number of carbonyl (C=O) groups excluding carboxylic acids is 1. The van der Waals surface area contributed by atoms with Crippen LogP contribution in [0.25, 0.3) is 0 Å². The zero-order chi connectivity index (χ0) is 15.4. The number of hydrogen-bond donors (Lipinski definition) is 2. The molecule has 1 atom stereocenters. The number of nitriles is 1. The standard InChI is InChI=1S/C15H17N3O3/c1-10(14(19)20)13-8-18(9-13)15(21)17-7-12-4-2-11(6-16)3-5-12/h2-5,10,13H,7-9H2,1H3,(H,17,21)(H,19,20). The van der Waals surface area contributed by atoms with Gasteiger partial charge in [-0.15, -0.1) is 0 Å². The monoisotopic (exact) mass is 287 g/mol. The van der Waals surface area contributed by atoms with Gasteiger partial charge in [0.2, 0.25) is 0 Å². The second kappa shape index (κ2) is 6.27. The third-order valence-corrected chi connectivity index (χ3v) is 3.82. The van der Waals surface area contributed by atoms with Crippen LogP contribution in [0.2, 0.25) is 0 Å². The summed E-state index contributed by atoms with van der Waals surface area (Å²) in [6.45, 7) is 3.01. The van der Waals surface area contributed by atoms with E-state index in [0.717, 1.165) is 5.56 Å². The van der Waals surface area contributed by atoms with Crippen molar-refractivity contribution < 1.29 is 14.7 Å². The molecule has 6 heteroatoms. The Balaban J connectivity index is 1.76. The van der Waals surface area contributed by atoms with Crippen molar-refractivity contribution in [3.63, 3.8) is 0 Å². The zero-order valence-corrected chi connectivity index (χ0v) is 11.7. The lowest BCUT2D eigenvalue weighted by Gasteiger charge is -2.41. The predicted molar refractivity (Wildman–Crippen MR) is 75.3 cm³/mol. The number of carboxylic acid groups (broad SMARTS) is 1. The highest BCUT2D eigenvalue weighted by Crippen LogP contribution is 2.23. The molecule has 0 saturated carbocycles. The lowest BCUT2D eigenvalue weighted by atomic mass is 9.87. The number of carboxylic acids is 1. The van der Waals surface area contributed by atoms with Crippen LogP contribution in [0, 0.1) is 23.2 Å². The maximum Gasteiger partial charge on any atom is 0.317 e. The van der Waals surface area contributed by atoms with Gasteiger partial charge in [-0.1, -0.05) is 19.1 Å². The van der Waals surface area contributed by atoms with Crippen molar-refractivity contribution in [1.29, 1.82) is 5.26 Å². The molecule has 6 nitrogen and oxygen atoms in total. The van der Waals surface area contributed by atoms with Crippen molar-refractivity contribution in [3.8, 4) is 6.07 Å². The number of nitrogens with zero attached hydrogens (tertiary/aromatic N) is 2. The fourth-order valence-electron chi connectivity index (χ4n) is 2.18. The Labute approximate surface area is 123 Å². The maximum absolute atomic E-state index is 11.9. The number of carbonyl (C=O) groups is 2. The summed E-state index contributed by atoms with van der Waals surface area (Å²) < 4.78 is 0. The van der Waals surface area contributed by atoms with Gasteiger partial charge in [-0.25, -0.2) is 4.79 Å². The Bertz CT molecular complexity index is 571. The molecule has 1 heterocycles. The molecule has 21 heavy (non-hydrogen) atoms. The van der Waals surface area contributed by atoms with Gasteiger partial charge in [0, 0.05) is 25.6 Å². The van der Waals surface area contributed by atoms with Gasteiger partial charge in [-0.3, -0.25) is 4.79 Å². The smallest absolute Gasteiger partial charge is 0.317 e. The van der Waals surface area contributed by atoms with E-state index in [1.54, 1.807) is 36.1 Å². The first-order chi connectivity index (χ1) is 10.0. The lowest BCUT2D eigenvalue weighted by molar-refractivity contribution is -0.144. The lowest BCUT2D eigenvalue weighted by Crippen LogP contribution is -2.56. The Morgan fingerprint density at radius 1 is 1.43 bits per heavy atom. The highest BCUT2D eigenvalue weighted by Gasteiger charge is 2.36. The molecule has 2 rings (SSSR count). The first kappa shape index (κ1) is 14.9. The molecule has 1 aromatic carbocycles. The normalized spacial score (nSPS) is 15.7. The minimum atomic E-state index is -0.822. The van der Waals surface area contributed by atoms with Crippen LogP contribution in [-0.4, -0.2) is 35.1 Å². The molecule has 0 radical (unpaired) electrons. The van der Waals surface area contributed by atoms with Crippen molar-refractivity contribution in [2.24, 2.45) is 11.8 Å². The number of rotatable bonds is 4. The van der Waals surface area contributed by atoms with Crippen molar-refractivity contribution in [3.05, 3.63) is 35.4 Å². The predicted octanol–water partition coefficient (Wildman–Crippen LogP) is 1.42. The summed E-state index contributed by atoms with van der Waals surface area (Å²) >= 11 is 0. The van der Waals surface area contributed by atoms with Gasteiger partial charge in [-0.2, -0.15) is 5.26 Å². The average molecular weight is 287 g/mol. The van der Waals surface area contributed by atoms with E-state index in [9.17, 15) is 9.59 Å². The van der Waals surface area contributed by atoms with Crippen LogP contribution in [0.15, 0.2) is 24.3 Å². The minimum Gasteiger partial charge on any atom is -0.481 e. The van der Waals surface area contributed by atoms with E-state index in [1.807, 2.05) is 6.07 Å². The van der Waals surface area contributed by atoms with Crippen molar-refractivity contribution in [1.82, 2.24) is 10.2 Å². The summed E-state index contributed by atoms with van der Waals surface area (Å²) in [5.74, 6) is -1.21. The first-order valence-electron chi connectivity index (χ1n) is 6.76. The van der Waals surface area contributed by atoms with E-state index < -0.39 is 11.9 Å². The fraction of sp³-hybridized carbons (Fsp3) is 0.400. The Hall–Kier alpha value is -2.55. The molecule has 2 N–H and O–H groups in total. The van der Waals surface area contributed by atoms with Gasteiger partial charge in [0.1, 0.15) is 0 Å². The average Bonchev–Trinajstić information content (AvgIpc) is 2.43. The van der Waals surface area contributed by atoms with Crippen LogP contribution >= 0.6 is 0 Å². The minimum absolute atomic E-state index is 0.0307. The number of nitrogens with one attached hydrogen (secondary N) is 1.